The lowest BCUT2D eigenvalue weighted by Gasteiger charge is -2.18. The summed E-state index contributed by atoms with van der Waals surface area (Å²) in [5.41, 5.74) is 1.73. The molecule has 1 aromatic heterocycles. The number of aromatic nitrogens is 2. The lowest BCUT2D eigenvalue weighted by Crippen LogP contribution is -2.28. The van der Waals surface area contributed by atoms with Crippen LogP contribution in [0.2, 0.25) is 5.02 Å². The molecule has 1 atom stereocenters. The number of hydrogen-bond donors (Lipinski definition) is 1. The molecule has 3 aromatic rings. The highest BCUT2D eigenvalue weighted by Gasteiger charge is 2.32. The van der Waals surface area contributed by atoms with Crippen LogP contribution in [0.15, 0.2) is 42.5 Å². The number of aryl methyl sites for hydroxylation is 1. The number of anilines is 2. The first kappa shape index (κ1) is 15.9. The van der Waals surface area contributed by atoms with Crippen molar-refractivity contribution in [3.63, 3.8) is 0 Å². The second kappa shape index (κ2) is 6.04. The molecule has 0 bridgehead atoms. The van der Waals surface area contributed by atoms with Gasteiger partial charge in [-0.2, -0.15) is 0 Å². The number of nitrogens with zero attached hydrogens (tertiary/aromatic N) is 3. The SMILES string of the molecule is Cn1c(NC2CC(=O)N(c3ccccc3Cl)C2)nc2c(F)cccc21. The van der Waals surface area contributed by atoms with Gasteiger partial charge in [-0.15, -0.1) is 0 Å². The van der Waals surface area contributed by atoms with Gasteiger partial charge in [0.05, 0.1) is 22.3 Å². The summed E-state index contributed by atoms with van der Waals surface area (Å²) in [6.07, 6.45) is 0.330. The minimum absolute atomic E-state index is 0.00413. The van der Waals surface area contributed by atoms with E-state index < -0.39 is 0 Å². The van der Waals surface area contributed by atoms with Crippen molar-refractivity contribution in [2.45, 2.75) is 12.5 Å². The Labute approximate surface area is 149 Å². The normalized spacial score (nSPS) is 17.5. The Hall–Kier alpha value is -2.60. The highest BCUT2D eigenvalue weighted by atomic mass is 35.5. The summed E-state index contributed by atoms with van der Waals surface area (Å²) < 4.78 is 15.7. The van der Waals surface area contributed by atoms with Gasteiger partial charge in [0, 0.05) is 20.0 Å². The van der Waals surface area contributed by atoms with Crippen LogP contribution in [0.1, 0.15) is 6.42 Å². The first-order chi connectivity index (χ1) is 12.0. The maximum absolute atomic E-state index is 13.9. The molecule has 7 heteroatoms. The molecule has 2 aromatic carbocycles. The van der Waals surface area contributed by atoms with E-state index in [1.807, 2.05) is 31.3 Å². The Morgan fingerprint density at radius 2 is 2.04 bits per heavy atom. The Morgan fingerprint density at radius 3 is 2.80 bits per heavy atom. The lowest BCUT2D eigenvalue weighted by atomic mass is 10.2. The molecule has 0 spiro atoms. The van der Waals surface area contributed by atoms with E-state index in [4.69, 9.17) is 11.6 Å². The predicted molar refractivity (Wildman–Crippen MR) is 96.5 cm³/mol. The van der Waals surface area contributed by atoms with Gasteiger partial charge >= 0.3 is 0 Å². The molecule has 25 heavy (non-hydrogen) atoms. The lowest BCUT2D eigenvalue weighted by molar-refractivity contribution is -0.117. The number of carbonyl (C=O) groups is 1. The van der Waals surface area contributed by atoms with E-state index in [-0.39, 0.29) is 17.8 Å². The van der Waals surface area contributed by atoms with Crippen LogP contribution in [0.5, 0.6) is 0 Å². The molecule has 1 aliphatic rings. The van der Waals surface area contributed by atoms with Crippen molar-refractivity contribution in [3.05, 3.63) is 53.3 Å². The Kier molecular flexibility index (Phi) is 3.84. The second-order valence-electron chi connectivity index (χ2n) is 6.10. The first-order valence-corrected chi connectivity index (χ1v) is 8.35. The molecule has 128 valence electrons. The summed E-state index contributed by atoms with van der Waals surface area (Å²) >= 11 is 6.20. The fourth-order valence-electron chi connectivity index (χ4n) is 3.20. The van der Waals surface area contributed by atoms with E-state index in [9.17, 15) is 9.18 Å². The van der Waals surface area contributed by atoms with Gasteiger partial charge in [0.2, 0.25) is 11.9 Å². The van der Waals surface area contributed by atoms with Crippen molar-refractivity contribution in [2.75, 3.05) is 16.8 Å². The summed E-state index contributed by atoms with van der Waals surface area (Å²) in [5.74, 6) is 0.177. The third-order valence-corrected chi connectivity index (χ3v) is 4.78. The van der Waals surface area contributed by atoms with Crippen LogP contribution in [0, 0.1) is 5.82 Å². The standard InChI is InChI=1S/C18H16ClFN4O/c1-23-15-8-4-6-13(20)17(15)22-18(23)21-11-9-16(25)24(10-11)14-7-3-2-5-12(14)19/h2-8,11H,9-10H2,1H3,(H,21,22). The molecular formula is C18H16ClFN4O. The third-order valence-electron chi connectivity index (χ3n) is 4.46. The number of fused-ring (bicyclic) bond motifs is 1. The largest absolute Gasteiger partial charge is 0.351 e. The molecule has 1 saturated heterocycles. The van der Waals surface area contributed by atoms with Crippen LogP contribution in [-0.4, -0.2) is 28.0 Å². The molecule has 0 saturated carbocycles. The molecule has 1 N–H and O–H groups in total. The van der Waals surface area contributed by atoms with Gasteiger partial charge in [0.25, 0.3) is 0 Å². The molecule has 1 fully saturated rings. The van der Waals surface area contributed by atoms with Crippen molar-refractivity contribution in [1.82, 2.24) is 9.55 Å². The van der Waals surface area contributed by atoms with Gasteiger partial charge in [-0.3, -0.25) is 4.79 Å². The van der Waals surface area contributed by atoms with Gasteiger partial charge in [0.15, 0.2) is 5.82 Å². The summed E-state index contributed by atoms with van der Waals surface area (Å²) in [4.78, 5) is 18.4. The molecule has 4 rings (SSSR count). The maximum Gasteiger partial charge on any atom is 0.229 e. The topological polar surface area (TPSA) is 50.2 Å². The number of halogens is 2. The van der Waals surface area contributed by atoms with Crippen LogP contribution in [0.25, 0.3) is 11.0 Å². The summed E-state index contributed by atoms with van der Waals surface area (Å²) in [5, 5.41) is 3.80. The number of imidazole rings is 1. The molecule has 5 nitrogen and oxygen atoms in total. The van der Waals surface area contributed by atoms with Crippen LogP contribution in [-0.2, 0) is 11.8 Å². The van der Waals surface area contributed by atoms with Crippen molar-refractivity contribution < 1.29 is 9.18 Å². The van der Waals surface area contributed by atoms with Crippen molar-refractivity contribution in [1.29, 1.82) is 0 Å². The second-order valence-corrected chi connectivity index (χ2v) is 6.51. The van der Waals surface area contributed by atoms with Crippen LogP contribution in [0.4, 0.5) is 16.0 Å². The van der Waals surface area contributed by atoms with E-state index in [0.717, 1.165) is 0 Å². The summed E-state index contributed by atoms with van der Waals surface area (Å²) in [7, 11) is 1.82. The molecule has 1 amide bonds. The van der Waals surface area contributed by atoms with Crippen molar-refractivity contribution in [3.8, 4) is 0 Å². The Morgan fingerprint density at radius 1 is 1.24 bits per heavy atom. The van der Waals surface area contributed by atoms with Gasteiger partial charge in [-0.05, 0) is 24.3 Å². The van der Waals surface area contributed by atoms with E-state index in [1.165, 1.54) is 6.07 Å². The van der Waals surface area contributed by atoms with E-state index >= 15 is 0 Å². The quantitative estimate of drug-likeness (QED) is 0.778. The minimum Gasteiger partial charge on any atom is -0.351 e. The van der Waals surface area contributed by atoms with E-state index in [0.29, 0.717) is 40.7 Å². The Bertz CT molecular complexity index is 971. The zero-order chi connectivity index (χ0) is 17.6. The number of carbonyl (C=O) groups excluding carboxylic acids is 1. The average Bonchev–Trinajstić information content (AvgIpc) is 3.10. The first-order valence-electron chi connectivity index (χ1n) is 7.97. The third kappa shape index (κ3) is 2.72. The van der Waals surface area contributed by atoms with Crippen LogP contribution >= 0.6 is 11.6 Å². The molecule has 0 aliphatic carbocycles. The monoisotopic (exact) mass is 358 g/mol. The van der Waals surface area contributed by atoms with Gasteiger partial charge in [-0.25, -0.2) is 9.37 Å². The number of amides is 1. The summed E-state index contributed by atoms with van der Waals surface area (Å²) in [6.45, 7) is 0.480. The molecule has 1 unspecified atom stereocenters. The maximum atomic E-state index is 13.9. The fraction of sp³-hybridized carbons (Fsp3) is 0.222. The molecule has 0 radical (unpaired) electrons. The summed E-state index contributed by atoms with van der Waals surface area (Å²) in [6, 6.07) is 12.0. The highest BCUT2D eigenvalue weighted by Crippen LogP contribution is 2.30. The molecule has 2 heterocycles. The van der Waals surface area contributed by atoms with E-state index in [1.54, 1.807) is 21.6 Å². The number of nitrogens with one attached hydrogen (secondary N) is 1. The van der Waals surface area contributed by atoms with E-state index in [2.05, 4.69) is 10.3 Å². The number of benzene rings is 2. The van der Waals surface area contributed by atoms with Crippen LogP contribution in [0.3, 0.4) is 0 Å². The average molecular weight is 359 g/mol. The zero-order valence-corrected chi connectivity index (χ0v) is 14.3. The smallest absolute Gasteiger partial charge is 0.229 e. The van der Waals surface area contributed by atoms with Gasteiger partial charge in [0.1, 0.15) is 5.52 Å². The van der Waals surface area contributed by atoms with Gasteiger partial charge < -0.3 is 14.8 Å². The molecule has 1 aliphatic heterocycles. The molecular weight excluding hydrogens is 343 g/mol. The fourth-order valence-corrected chi connectivity index (χ4v) is 3.44. The van der Waals surface area contributed by atoms with Crippen molar-refractivity contribution >= 4 is 40.2 Å². The predicted octanol–water partition coefficient (Wildman–Crippen LogP) is 3.58. The Balaban J connectivity index is 1.59. The number of hydrogen-bond acceptors (Lipinski definition) is 3. The minimum atomic E-state index is -0.360. The van der Waals surface area contributed by atoms with Crippen molar-refractivity contribution in [2.24, 2.45) is 7.05 Å². The zero-order valence-electron chi connectivity index (χ0n) is 13.5. The van der Waals surface area contributed by atoms with Gasteiger partial charge in [-0.1, -0.05) is 29.8 Å². The van der Waals surface area contributed by atoms with Crippen LogP contribution < -0.4 is 10.2 Å². The number of rotatable bonds is 3. The number of para-hydroxylation sites is 2. The highest BCUT2D eigenvalue weighted by molar-refractivity contribution is 6.33.